The first-order chi connectivity index (χ1) is 14.0. The third kappa shape index (κ3) is 4.99. The van der Waals surface area contributed by atoms with Crippen molar-refractivity contribution in [3.63, 3.8) is 0 Å². The van der Waals surface area contributed by atoms with E-state index in [0.717, 1.165) is 33.3 Å². The lowest BCUT2D eigenvalue weighted by molar-refractivity contribution is -0.141. The number of nitrogens with zero attached hydrogens (tertiary/aromatic N) is 2. The summed E-state index contributed by atoms with van der Waals surface area (Å²) in [6.07, 6.45) is 0.423. The van der Waals surface area contributed by atoms with Crippen molar-refractivity contribution in [3.8, 4) is 0 Å². The van der Waals surface area contributed by atoms with E-state index in [2.05, 4.69) is 4.98 Å². The topological polar surface area (TPSA) is 59.5 Å². The second kappa shape index (κ2) is 9.32. The van der Waals surface area contributed by atoms with Gasteiger partial charge < -0.3 is 9.64 Å². The summed E-state index contributed by atoms with van der Waals surface area (Å²) in [4.78, 5) is 31.2. The fourth-order valence-electron chi connectivity index (χ4n) is 3.52. The van der Waals surface area contributed by atoms with Gasteiger partial charge >= 0.3 is 5.97 Å². The number of benzene rings is 2. The first-order valence-electron chi connectivity index (χ1n) is 9.73. The number of aryl methyl sites for hydroxylation is 2. The number of ether oxygens (including phenoxy) is 1. The summed E-state index contributed by atoms with van der Waals surface area (Å²) in [5.74, 6) is -0.350. The van der Waals surface area contributed by atoms with Crippen LogP contribution in [0.25, 0.3) is 10.9 Å². The van der Waals surface area contributed by atoms with E-state index in [4.69, 9.17) is 4.74 Å². The number of rotatable bonds is 7. The molecule has 5 nitrogen and oxygen atoms in total. The summed E-state index contributed by atoms with van der Waals surface area (Å²) in [5.41, 5.74) is 4.85. The minimum absolute atomic E-state index is 0.0268. The van der Waals surface area contributed by atoms with Crippen LogP contribution in [0.3, 0.4) is 0 Å². The summed E-state index contributed by atoms with van der Waals surface area (Å²) in [5, 5.41) is 1.06. The first kappa shape index (κ1) is 20.5. The highest BCUT2D eigenvalue weighted by molar-refractivity contribution is 5.86. The van der Waals surface area contributed by atoms with Crippen LogP contribution in [0.15, 0.2) is 54.6 Å². The number of carbonyl (C=O) groups is 2. The summed E-state index contributed by atoms with van der Waals surface area (Å²) in [6, 6.07) is 17.8. The van der Waals surface area contributed by atoms with Gasteiger partial charge in [-0.1, -0.05) is 48.5 Å². The van der Waals surface area contributed by atoms with Crippen LogP contribution >= 0.6 is 0 Å². The van der Waals surface area contributed by atoms with Crippen LogP contribution in [-0.2, 0) is 27.3 Å². The lowest BCUT2D eigenvalue weighted by Crippen LogP contribution is -2.34. The summed E-state index contributed by atoms with van der Waals surface area (Å²) in [6.45, 7) is 4.75. The molecule has 0 aliphatic heterocycles. The van der Waals surface area contributed by atoms with Crippen LogP contribution in [-0.4, -0.2) is 35.4 Å². The van der Waals surface area contributed by atoms with Crippen molar-refractivity contribution in [3.05, 3.63) is 77.0 Å². The van der Waals surface area contributed by atoms with Crippen LogP contribution in [0.2, 0.25) is 0 Å². The van der Waals surface area contributed by atoms with E-state index in [1.165, 1.54) is 7.11 Å². The number of carbonyl (C=O) groups excluding carboxylic acids is 2. The average molecular weight is 390 g/mol. The molecule has 0 saturated carbocycles. The highest BCUT2D eigenvalue weighted by Crippen LogP contribution is 2.23. The minimum atomic E-state index is -0.324. The number of esters is 1. The highest BCUT2D eigenvalue weighted by atomic mass is 16.5. The molecular formula is C24H26N2O3. The Hall–Kier alpha value is -3.21. The number of hydrogen-bond acceptors (Lipinski definition) is 4. The molecule has 1 amide bonds. The molecule has 0 unspecified atom stereocenters. The molecule has 0 fully saturated rings. The van der Waals surface area contributed by atoms with E-state index in [-0.39, 0.29) is 24.7 Å². The lowest BCUT2D eigenvalue weighted by Gasteiger charge is -2.23. The first-order valence-corrected chi connectivity index (χ1v) is 9.73. The number of aromatic nitrogens is 1. The number of fused-ring (bicyclic) bond motifs is 1. The molecule has 0 atom stereocenters. The number of methoxy groups -OCH3 is 1. The Morgan fingerprint density at radius 3 is 2.41 bits per heavy atom. The fourth-order valence-corrected chi connectivity index (χ4v) is 3.52. The van der Waals surface area contributed by atoms with Crippen molar-refractivity contribution < 1.29 is 14.3 Å². The molecule has 3 aromatic rings. The average Bonchev–Trinajstić information content (AvgIpc) is 2.74. The zero-order valence-electron chi connectivity index (χ0n) is 17.1. The van der Waals surface area contributed by atoms with Gasteiger partial charge in [0.05, 0.1) is 25.5 Å². The van der Waals surface area contributed by atoms with Crippen molar-refractivity contribution in [2.75, 3.05) is 13.7 Å². The molecule has 0 radical (unpaired) electrons. The molecule has 5 heteroatoms. The molecule has 0 aliphatic rings. The molecule has 3 rings (SSSR count). The summed E-state index contributed by atoms with van der Waals surface area (Å²) in [7, 11) is 1.36. The third-order valence-corrected chi connectivity index (χ3v) is 5.20. The van der Waals surface area contributed by atoms with Gasteiger partial charge in [0.2, 0.25) is 5.91 Å². The monoisotopic (exact) mass is 390 g/mol. The zero-order chi connectivity index (χ0) is 20.8. The quantitative estimate of drug-likeness (QED) is 0.573. The van der Waals surface area contributed by atoms with Crippen molar-refractivity contribution in [1.82, 2.24) is 9.88 Å². The molecule has 0 aliphatic carbocycles. The van der Waals surface area contributed by atoms with E-state index >= 15 is 0 Å². The maximum absolute atomic E-state index is 13.2. The number of amides is 1. The number of pyridine rings is 1. The predicted octanol–water partition coefficient (Wildman–Crippen LogP) is 3.99. The smallest absolute Gasteiger partial charge is 0.307 e. The van der Waals surface area contributed by atoms with Crippen LogP contribution in [0.1, 0.15) is 28.8 Å². The van der Waals surface area contributed by atoms with Gasteiger partial charge in [0.15, 0.2) is 0 Å². The fraction of sp³-hybridized carbons (Fsp3) is 0.292. The van der Waals surface area contributed by atoms with Crippen LogP contribution in [0.5, 0.6) is 0 Å². The third-order valence-electron chi connectivity index (χ3n) is 5.20. The number of hydrogen-bond donors (Lipinski definition) is 0. The Kier molecular flexibility index (Phi) is 6.60. The lowest BCUT2D eigenvalue weighted by atomic mass is 9.99. The van der Waals surface area contributed by atoms with Gasteiger partial charge in [-0.05, 0) is 36.6 Å². The molecule has 0 bridgehead atoms. The Morgan fingerprint density at radius 2 is 1.69 bits per heavy atom. The standard InChI is InChI=1S/C24H26N2O3/c1-17-20-11-7-8-12-22(20)25-18(2)21(17)15-23(27)26(14-13-24(28)29-3)16-19-9-5-4-6-10-19/h4-12H,13-16H2,1-3H3. The molecule has 1 aromatic heterocycles. The molecule has 0 saturated heterocycles. The molecule has 29 heavy (non-hydrogen) atoms. The van der Waals surface area contributed by atoms with Gasteiger partial charge in [-0.3, -0.25) is 14.6 Å². The van der Waals surface area contributed by atoms with Crippen molar-refractivity contribution in [2.24, 2.45) is 0 Å². The Labute approximate surface area is 171 Å². The Balaban J connectivity index is 1.85. The van der Waals surface area contributed by atoms with Crippen LogP contribution in [0.4, 0.5) is 0 Å². The van der Waals surface area contributed by atoms with E-state index in [9.17, 15) is 9.59 Å². The SMILES string of the molecule is COC(=O)CCN(Cc1ccccc1)C(=O)Cc1c(C)nc2ccccc2c1C. The van der Waals surface area contributed by atoms with E-state index < -0.39 is 0 Å². The number of para-hydroxylation sites is 1. The van der Waals surface area contributed by atoms with Gasteiger partial charge in [-0.15, -0.1) is 0 Å². The van der Waals surface area contributed by atoms with Crippen molar-refractivity contribution >= 4 is 22.8 Å². The molecule has 0 N–H and O–H groups in total. The molecule has 0 spiro atoms. The predicted molar refractivity (Wildman–Crippen MR) is 113 cm³/mol. The maximum atomic E-state index is 13.2. The summed E-state index contributed by atoms with van der Waals surface area (Å²) >= 11 is 0. The van der Waals surface area contributed by atoms with Gasteiger partial charge in [0.1, 0.15) is 0 Å². The van der Waals surface area contributed by atoms with E-state index in [1.807, 2.05) is 68.4 Å². The summed E-state index contributed by atoms with van der Waals surface area (Å²) < 4.78 is 4.75. The second-order valence-electron chi connectivity index (χ2n) is 7.12. The zero-order valence-corrected chi connectivity index (χ0v) is 17.1. The second-order valence-corrected chi connectivity index (χ2v) is 7.12. The van der Waals surface area contributed by atoms with Gasteiger partial charge in [0, 0.05) is 24.2 Å². The van der Waals surface area contributed by atoms with Crippen molar-refractivity contribution in [2.45, 2.75) is 33.2 Å². The van der Waals surface area contributed by atoms with Crippen LogP contribution < -0.4 is 0 Å². The Bertz CT molecular complexity index is 1020. The largest absolute Gasteiger partial charge is 0.469 e. The molecular weight excluding hydrogens is 364 g/mol. The molecule has 1 heterocycles. The Morgan fingerprint density at radius 1 is 1.00 bits per heavy atom. The highest BCUT2D eigenvalue weighted by Gasteiger charge is 2.19. The van der Waals surface area contributed by atoms with E-state index in [1.54, 1.807) is 4.90 Å². The van der Waals surface area contributed by atoms with Gasteiger partial charge in [-0.25, -0.2) is 0 Å². The van der Waals surface area contributed by atoms with Crippen molar-refractivity contribution in [1.29, 1.82) is 0 Å². The van der Waals surface area contributed by atoms with Gasteiger partial charge in [-0.2, -0.15) is 0 Å². The van der Waals surface area contributed by atoms with E-state index in [0.29, 0.717) is 13.1 Å². The molecule has 2 aromatic carbocycles. The van der Waals surface area contributed by atoms with Gasteiger partial charge in [0.25, 0.3) is 0 Å². The normalized spacial score (nSPS) is 10.7. The maximum Gasteiger partial charge on any atom is 0.307 e. The minimum Gasteiger partial charge on any atom is -0.469 e. The molecule has 150 valence electrons. The van der Waals surface area contributed by atoms with Crippen LogP contribution in [0, 0.1) is 13.8 Å².